The van der Waals surface area contributed by atoms with Crippen LogP contribution in [0.1, 0.15) is 12.6 Å². The lowest BCUT2D eigenvalue weighted by Crippen LogP contribution is -2.37. The van der Waals surface area contributed by atoms with E-state index in [9.17, 15) is 14.0 Å². The first-order chi connectivity index (χ1) is 12.0. The molecule has 0 aliphatic carbocycles. The summed E-state index contributed by atoms with van der Waals surface area (Å²) < 4.78 is 14.3. The van der Waals surface area contributed by atoms with Crippen molar-refractivity contribution in [3.05, 3.63) is 70.4 Å². The van der Waals surface area contributed by atoms with Crippen LogP contribution in [0, 0.1) is 12.7 Å². The van der Waals surface area contributed by atoms with E-state index in [1.165, 1.54) is 21.7 Å². The van der Waals surface area contributed by atoms with Gasteiger partial charge in [-0.2, -0.15) is 5.10 Å². The summed E-state index contributed by atoms with van der Waals surface area (Å²) in [6, 6.07) is 12.9. The number of amides is 1. The zero-order chi connectivity index (χ0) is 18.0. The van der Waals surface area contributed by atoms with Gasteiger partial charge in [0.2, 0.25) is 5.91 Å². The van der Waals surface area contributed by atoms with Crippen molar-refractivity contribution in [1.29, 1.82) is 0 Å². The molecular weight excluding hydrogens is 321 g/mol. The largest absolute Gasteiger partial charge is 0.311 e. The van der Waals surface area contributed by atoms with Crippen molar-refractivity contribution >= 4 is 22.4 Å². The zero-order valence-electron chi connectivity index (χ0n) is 14.1. The van der Waals surface area contributed by atoms with Gasteiger partial charge in [-0.15, -0.1) is 0 Å². The lowest BCUT2D eigenvalue weighted by molar-refractivity contribution is -0.119. The molecule has 128 valence electrons. The van der Waals surface area contributed by atoms with Crippen LogP contribution in [0.3, 0.4) is 0 Å². The maximum absolute atomic E-state index is 13.1. The number of carbonyl (C=O) groups excluding carboxylic acids is 1. The fourth-order valence-corrected chi connectivity index (χ4v) is 2.85. The van der Waals surface area contributed by atoms with E-state index >= 15 is 0 Å². The molecule has 0 spiro atoms. The van der Waals surface area contributed by atoms with Crippen molar-refractivity contribution in [2.75, 3.05) is 11.4 Å². The van der Waals surface area contributed by atoms with Crippen molar-refractivity contribution in [2.45, 2.75) is 20.4 Å². The second kappa shape index (κ2) is 6.84. The Morgan fingerprint density at radius 1 is 1.12 bits per heavy atom. The summed E-state index contributed by atoms with van der Waals surface area (Å²) in [5.41, 5.74) is 0.969. The third-order valence-corrected chi connectivity index (χ3v) is 4.09. The van der Waals surface area contributed by atoms with E-state index in [1.807, 2.05) is 19.1 Å². The molecule has 0 aliphatic rings. The van der Waals surface area contributed by atoms with Gasteiger partial charge in [0.05, 0.1) is 11.1 Å². The van der Waals surface area contributed by atoms with Gasteiger partial charge in [0.15, 0.2) is 0 Å². The molecule has 6 heteroatoms. The van der Waals surface area contributed by atoms with E-state index in [0.29, 0.717) is 23.3 Å². The van der Waals surface area contributed by atoms with E-state index in [1.54, 1.807) is 31.2 Å². The van der Waals surface area contributed by atoms with Crippen molar-refractivity contribution in [1.82, 2.24) is 9.78 Å². The van der Waals surface area contributed by atoms with E-state index in [4.69, 9.17) is 0 Å². The fourth-order valence-electron chi connectivity index (χ4n) is 2.85. The van der Waals surface area contributed by atoms with Gasteiger partial charge in [0.25, 0.3) is 5.56 Å². The van der Waals surface area contributed by atoms with E-state index in [2.05, 4.69) is 5.10 Å². The Kier molecular flexibility index (Phi) is 4.61. The fraction of sp³-hybridized carbons (Fsp3) is 0.211. The van der Waals surface area contributed by atoms with Gasteiger partial charge in [-0.1, -0.05) is 18.2 Å². The maximum Gasteiger partial charge on any atom is 0.275 e. The Morgan fingerprint density at radius 3 is 2.40 bits per heavy atom. The average molecular weight is 339 g/mol. The van der Waals surface area contributed by atoms with E-state index < -0.39 is 0 Å². The molecule has 3 rings (SSSR count). The SMILES string of the molecule is CCN(C(=O)Cn1nc(C)c2ccccc2c1=O)c1ccc(F)cc1. The summed E-state index contributed by atoms with van der Waals surface area (Å²) in [7, 11) is 0. The molecular formula is C19H18FN3O2. The number of fused-ring (bicyclic) bond motifs is 1. The second-order valence-electron chi connectivity index (χ2n) is 5.71. The molecule has 0 saturated carbocycles. The van der Waals surface area contributed by atoms with Gasteiger partial charge >= 0.3 is 0 Å². The summed E-state index contributed by atoms with van der Waals surface area (Å²) >= 11 is 0. The highest BCUT2D eigenvalue weighted by Gasteiger charge is 2.17. The molecule has 1 heterocycles. The quantitative estimate of drug-likeness (QED) is 0.734. The van der Waals surface area contributed by atoms with Gasteiger partial charge < -0.3 is 4.90 Å². The van der Waals surface area contributed by atoms with Gasteiger partial charge in [0, 0.05) is 17.6 Å². The number of carbonyl (C=O) groups is 1. The highest BCUT2D eigenvalue weighted by Crippen LogP contribution is 2.16. The predicted molar refractivity (Wildman–Crippen MR) is 95.2 cm³/mol. The normalized spacial score (nSPS) is 10.8. The maximum atomic E-state index is 13.1. The van der Waals surface area contributed by atoms with Crippen LogP contribution in [0.15, 0.2) is 53.3 Å². The van der Waals surface area contributed by atoms with Crippen LogP contribution in [0.5, 0.6) is 0 Å². The van der Waals surface area contributed by atoms with Crippen LogP contribution < -0.4 is 10.5 Å². The molecule has 0 saturated heterocycles. The van der Waals surface area contributed by atoms with Crippen LogP contribution in [-0.4, -0.2) is 22.2 Å². The molecule has 0 unspecified atom stereocenters. The summed E-state index contributed by atoms with van der Waals surface area (Å²) in [4.78, 5) is 26.7. The molecule has 1 aromatic heterocycles. The summed E-state index contributed by atoms with van der Waals surface area (Å²) in [6.07, 6.45) is 0. The van der Waals surface area contributed by atoms with Gasteiger partial charge in [0.1, 0.15) is 12.4 Å². The van der Waals surface area contributed by atoms with Crippen molar-refractivity contribution in [3.63, 3.8) is 0 Å². The number of hydrogen-bond acceptors (Lipinski definition) is 3. The number of likely N-dealkylation sites (N-methyl/N-ethyl adjacent to an activating group) is 1. The predicted octanol–water partition coefficient (Wildman–Crippen LogP) is 2.90. The molecule has 3 aromatic rings. The minimum Gasteiger partial charge on any atom is -0.311 e. The number of aryl methyl sites for hydroxylation is 1. The summed E-state index contributed by atoms with van der Waals surface area (Å²) in [5.74, 6) is -0.645. The topological polar surface area (TPSA) is 55.2 Å². The number of benzene rings is 2. The lowest BCUT2D eigenvalue weighted by atomic mass is 10.1. The highest BCUT2D eigenvalue weighted by molar-refractivity contribution is 5.93. The summed E-state index contributed by atoms with van der Waals surface area (Å²) in [6.45, 7) is 3.87. The van der Waals surface area contributed by atoms with E-state index in [-0.39, 0.29) is 23.8 Å². The number of aromatic nitrogens is 2. The van der Waals surface area contributed by atoms with Gasteiger partial charge in [-0.25, -0.2) is 9.07 Å². The smallest absolute Gasteiger partial charge is 0.275 e. The van der Waals surface area contributed by atoms with Crippen LogP contribution >= 0.6 is 0 Å². The molecule has 0 aliphatic heterocycles. The van der Waals surface area contributed by atoms with Crippen molar-refractivity contribution in [2.24, 2.45) is 0 Å². The van der Waals surface area contributed by atoms with Crippen LogP contribution in [0.25, 0.3) is 10.8 Å². The first-order valence-corrected chi connectivity index (χ1v) is 8.03. The van der Waals surface area contributed by atoms with Crippen molar-refractivity contribution < 1.29 is 9.18 Å². The molecule has 25 heavy (non-hydrogen) atoms. The molecule has 0 N–H and O–H groups in total. The Balaban J connectivity index is 1.94. The Hall–Kier alpha value is -3.02. The molecule has 0 radical (unpaired) electrons. The number of nitrogens with zero attached hydrogens (tertiary/aromatic N) is 3. The molecule has 0 fully saturated rings. The minimum absolute atomic E-state index is 0.171. The number of hydrogen-bond donors (Lipinski definition) is 0. The Labute approximate surface area is 144 Å². The van der Waals surface area contributed by atoms with Gasteiger partial charge in [-0.05, 0) is 44.2 Å². The van der Waals surface area contributed by atoms with Crippen LogP contribution in [-0.2, 0) is 11.3 Å². The van der Waals surface area contributed by atoms with Gasteiger partial charge in [-0.3, -0.25) is 9.59 Å². The first-order valence-electron chi connectivity index (χ1n) is 8.03. The van der Waals surface area contributed by atoms with Crippen molar-refractivity contribution in [3.8, 4) is 0 Å². The third kappa shape index (κ3) is 3.28. The highest BCUT2D eigenvalue weighted by atomic mass is 19.1. The molecule has 0 bridgehead atoms. The summed E-state index contributed by atoms with van der Waals surface area (Å²) in [5, 5.41) is 5.58. The van der Waals surface area contributed by atoms with E-state index in [0.717, 1.165) is 5.39 Å². The molecule has 2 aromatic carbocycles. The number of rotatable bonds is 4. The zero-order valence-corrected chi connectivity index (χ0v) is 14.1. The van der Waals surface area contributed by atoms with Crippen LogP contribution in [0.2, 0.25) is 0 Å². The lowest BCUT2D eigenvalue weighted by Gasteiger charge is -2.21. The second-order valence-corrected chi connectivity index (χ2v) is 5.71. The standard InChI is InChI=1S/C19H18FN3O2/c1-3-22(15-10-8-14(20)9-11-15)18(24)12-23-19(25)17-7-5-4-6-16(17)13(2)21-23/h4-11H,3,12H2,1-2H3. The third-order valence-electron chi connectivity index (χ3n) is 4.09. The Morgan fingerprint density at radius 2 is 1.76 bits per heavy atom. The Bertz CT molecular complexity index is 980. The minimum atomic E-state index is -0.365. The number of anilines is 1. The number of halogens is 1. The monoisotopic (exact) mass is 339 g/mol. The average Bonchev–Trinajstić information content (AvgIpc) is 2.62. The molecule has 0 atom stereocenters. The molecule has 5 nitrogen and oxygen atoms in total. The first kappa shape index (κ1) is 16.8. The molecule has 1 amide bonds. The van der Waals surface area contributed by atoms with Crippen LogP contribution in [0.4, 0.5) is 10.1 Å².